The van der Waals surface area contributed by atoms with E-state index in [0.717, 1.165) is 6.42 Å². The summed E-state index contributed by atoms with van der Waals surface area (Å²) in [4.78, 5) is 0. The van der Waals surface area contributed by atoms with Gasteiger partial charge in [0.2, 0.25) is 0 Å². The van der Waals surface area contributed by atoms with Crippen molar-refractivity contribution in [2.24, 2.45) is 0 Å². The molecule has 0 radical (unpaired) electrons. The van der Waals surface area contributed by atoms with Crippen molar-refractivity contribution in [2.75, 3.05) is 5.32 Å². The molecule has 1 heteroatoms. The Balaban J connectivity index is 2.06. The van der Waals surface area contributed by atoms with E-state index < -0.39 is 0 Å². The molecule has 2 aromatic carbocycles. The van der Waals surface area contributed by atoms with Crippen molar-refractivity contribution >= 4 is 5.69 Å². The maximum atomic E-state index is 3.57. The predicted octanol–water partition coefficient (Wildman–Crippen LogP) is 5.43. The SMILES string of the molecule is CCCc1ccc(NC(C)c2ccc(C)c(C)c2)cc1. The highest BCUT2D eigenvalue weighted by Crippen LogP contribution is 2.22. The maximum absolute atomic E-state index is 3.57. The molecule has 1 nitrogen and oxygen atoms in total. The van der Waals surface area contributed by atoms with Crippen LogP contribution >= 0.6 is 0 Å². The molecule has 106 valence electrons. The first kappa shape index (κ1) is 14.6. The van der Waals surface area contributed by atoms with Crippen LogP contribution in [0.4, 0.5) is 5.69 Å². The number of anilines is 1. The summed E-state index contributed by atoms with van der Waals surface area (Å²) in [6.07, 6.45) is 2.36. The molecule has 0 aliphatic rings. The summed E-state index contributed by atoms with van der Waals surface area (Å²) < 4.78 is 0. The van der Waals surface area contributed by atoms with Gasteiger partial charge < -0.3 is 5.32 Å². The standard InChI is InChI=1S/C19H25N/c1-5-6-17-8-11-19(12-9-17)20-16(4)18-10-7-14(2)15(3)13-18/h7-13,16,20H,5-6H2,1-4H3. The molecule has 20 heavy (non-hydrogen) atoms. The molecule has 0 aliphatic heterocycles. The van der Waals surface area contributed by atoms with Crippen LogP contribution in [0.15, 0.2) is 42.5 Å². The van der Waals surface area contributed by atoms with Crippen molar-refractivity contribution in [1.82, 2.24) is 0 Å². The Morgan fingerprint density at radius 3 is 2.25 bits per heavy atom. The molecular formula is C19H25N. The lowest BCUT2D eigenvalue weighted by atomic mass is 10.0. The molecule has 1 atom stereocenters. The van der Waals surface area contributed by atoms with Crippen molar-refractivity contribution in [1.29, 1.82) is 0 Å². The molecule has 2 aromatic rings. The van der Waals surface area contributed by atoms with Crippen molar-refractivity contribution in [3.63, 3.8) is 0 Å². The topological polar surface area (TPSA) is 12.0 Å². The highest BCUT2D eigenvalue weighted by molar-refractivity contribution is 5.47. The average Bonchev–Trinajstić information content (AvgIpc) is 2.44. The van der Waals surface area contributed by atoms with E-state index >= 15 is 0 Å². The summed E-state index contributed by atoms with van der Waals surface area (Å²) in [5.41, 5.74) is 6.65. The highest BCUT2D eigenvalue weighted by atomic mass is 14.9. The zero-order valence-corrected chi connectivity index (χ0v) is 13.0. The molecule has 0 spiro atoms. The van der Waals surface area contributed by atoms with Crippen LogP contribution in [0.25, 0.3) is 0 Å². The number of benzene rings is 2. The molecule has 0 aliphatic carbocycles. The minimum absolute atomic E-state index is 0.325. The van der Waals surface area contributed by atoms with Crippen LogP contribution in [-0.4, -0.2) is 0 Å². The molecule has 0 aromatic heterocycles. The molecule has 1 unspecified atom stereocenters. The Kier molecular flexibility index (Phi) is 4.84. The highest BCUT2D eigenvalue weighted by Gasteiger charge is 2.06. The Labute approximate surface area is 123 Å². The van der Waals surface area contributed by atoms with Crippen molar-refractivity contribution < 1.29 is 0 Å². The summed E-state index contributed by atoms with van der Waals surface area (Å²) in [6.45, 7) is 8.76. The first-order valence-electron chi connectivity index (χ1n) is 7.52. The van der Waals surface area contributed by atoms with Gasteiger partial charge in [-0.3, -0.25) is 0 Å². The normalized spacial score (nSPS) is 12.2. The fourth-order valence-corrected chi connectivity index (χ4v) is 2.42. The Hall–Kier alpha value is -1.76. The van der Waals surface area contributed by atoms with E-state index in [9.17, 15) is 0 Å². The Morgan fingerprint density at radius 2 is 1.65 bits per heavy atom. The van der Waals surface area contributed by atoms with E-state index in [4.69, 9.17) is 0 Å². The molecular weight excluding hydrogens is 242 g/mol. The maximum Gasteiger partial charge on any atom is 0.0485 e. The van der Waals surface area contributed by atoms with Gasteiger partial charge in [0.15, 0.2) is 0 Å². The molecule has 2 rings (SSSR count). The van der Waals surface area contributed by atoms with E-state index in [0.29, 0.717) is 6.04 Å². The van der Waals surface area contributed by atoms with Crippen molar-refractivity contribution in [2.45, 2.75) is 46.6 Å². The smallest absolute Gasteiger partial charge is 0.0485 e. The Bertz CT molecular complexity index is 554. The summed E-state index contributed by atoms with van der Waals surface area (Å²) in [5, 5.41) is 3.57. The van der Waals surface area contributed by atoms with Gasteiger partial charge in [-0.1, -0.05) is 43.7 Å². The van der Waals surface area contributed by atoms with E-state index in [1.165, 1.54) is 34.4 Å². The van der Waals surface area contributed by atoms with Crippen LogP contribution in [0.1, 0.15) is 48.6 Å². The molecule has 0 amide bonds. The third kappa shape index (κ3) is 3.63. The van der Waals surface area contributed by atoms with Crippen LogP contribution in [0.3, 0.4) is 0 Å². The molecule has 0 bridgehead atoms. The molecule has 0 saturated heterocycles. The minimum Gasteiger partial charge on any atom is -0.379 e. The van der Waals surface area contributed by atoms with Gasteiger partial charge in [0.05, 0.1) is 0 Å². The second-order valence-electron chi connectivity index (χ2n) is 5.66. The van der Waals surface area contributed by atoms with Crippen LogP contribution in [0.2, 0.25) is 0 Å². The number of aryl methyl sites for hydroxylation is 3. The van der Waals surface area contributed by atoms with Gasteiger partial charge in [0.1, 0.15) is 0 Å². The summed E-state index contributed by atoms with van der Waals surface area (Å²) in [7, 11) is 0. The zero-order valence-electron chi connectivity index (χ0n) is 13.0. The monoisotopic (exact) mass is 267 g/mol. The van der Waals surface area contributed by atoms with E-state index in [1.807, 2.05) is 0 Å². The number of hydrogen-bond acceptors (Lipinski definition) is 1. The van der Waals surface area contributed by atoms with Gasteiger partial charge in [-0.2, -0.15) is 0 Å². The molecule has 1 N–H and O–H groups in total. The number of hydrogen-bond donors (Lipinski definition) is 1. The minimum atomic E-state index is 0.325. The van der Waals surface area contributed by atoms with Gasteiger partial charge in [-0.25, -0.2) is 0 Å². The van der Waals surface area contributed by atoms with Gasteiger partial charge >= 0.3 is 0 Å². The lowest BCUT2D eigenvalue weighted by Crippen LogP contribution is -2.07. The number of rotatable bonds is 5. The second kappa shape index (κ2) is 6.60. The summed E-state index contributed by atoms with van der Waals surface area (Å²) >= 11 is 0. The van der Waals surface area contributed by atoms with Crippen LogP contribution < -0.4 is 5.32 Å². The van der Waals surface area contributed by atoms with Gasteiger partial charge in [0, 0.05) is 11.7 Å². The van der Waals surface area contributed by atoms with Gasteiger partial charge in [-0.05, 0) is 61.6 Å². The lowest BCUT2D eigenvalue weighted by Gasteiger charge is -2.17. The quantitative estimate of drug-likeness (QED) is 0.761. The molecule has 0 heterocycles. The van der Waals surface area contributed by atoms with Gasteiger partial charge in [-0.15, -0.1) is 0 Å². The molecule has 0 saturated carbocycles. The molecule has 0 fully saturated rings. The first-order valence-corrected chi connectivity index (χ1v) is 7.52. The van der Waals surface area contributed by atoms with Crippen molar-refractivity contribution in [3.05, 3.63) is 64.7 Å². The first-order chi connectivity index (χ1) is 9.60. The fraction of sp³-hybridized carbons (Fsp3) is 0.368. The van der Waals surface area contributed by atoms with E-state index in [2.05, 4.69) is 75.5 Å². The third-order valence-corrected chi connectivity index (χ3v) is 3.91. The Morgan fingerprint density at radius 1 is 0.950 bits per heavy atom. The average molecular weight is 267 g/mol. The predicted molar refractivity (Wildman–Crippen MR) is 88.4 cm³/mol. The van der Waals surface area contributed by atoms with Crippen LogP contribution in [0.5, 0.6) is 0 Å². The van der Waals surface area contributed by atoms with E-state index in [-0.39, 0.29) is 0 Å². The van der Waals surface area contributed by atoms with Crippen LogP contribution in [0, 0.1) is 13.8 Å². The summed E-state index contributed by atoms with van der Waals surface area (Å²) in [6, 6.07) is 15.8. The lowest BCUT2D eigenvalue weighted by molar-refractivity contribution is 0.880. The van der Waals surface area contributed by atoms with Crippen molar-refractivity contribution in [3.8, 4) is 0 Å². The summed E-state index contributed by atoms with van der Waals surface area (Å²) in [5.74, 6) is 0. The zero-order chi connectivity index (χ0) is 14.5. The van der Waals surface area contributed by atoms with Gasteiger partial charge in [0.25, 0.3) is 0 Å². The third-order valence-electron chi connectivity index (χ3n) is 3.91. The fourth-order valence-electron chi connectivity index (χ4n) is 2.42. The van der Waals surface area contributed by atoms with E-state index in [1.54, 1.807) is 0 Å². The number of nitrogens with one attached hydrogen (secondary N) is 1. The van der Waals surface area contributed by atoms with Crippen LogP contribution in [-0.2, 0) is 6.42 Å². The second-order valence-corrected chi connectivity index (χ2v) is 5.66. The largest absolute Gasteiger partial charge is 0.379 e.